The van der Waals surface area contributed by atoms with Crippen molar-refractivity contribution in [1.82, 2.24) is 0 Å². The van der Waals surface area contributed by atoms with Gasteiger partial charge in [0.1, 0.15) is 11.5 Å². The summed E-state index contributed by atoms with van der Waals surface area (Å²) >= 11 is 0. The monoisotopic (exact) mass is 331 g/mol. The van der Waals surface area contributed by atoms with Crippen LogP contribution in [0.25, 0.3) is 10.8 Å². The van der Waals surface area contributed by atoms with Gasteiger partial charge in [-0.05, 0) is 50.3 Å². The van der Waals surface area contributed by atoms with Crippen molar-refractivity contribution >= 4 is 16.5 Å². The zero-order chi connectivity index (χ0) is 17.9. The molecule has 0 bridgehead atoms. The van der Waals surface area contributed by atoms with Crippen LogP contribution in [0.15, 0.2) is 18.2 Å². The molecular weight excluding hydrogens is 302 g/mol. The number of anilines is 1. The Bertz CT molecular complexity index is 717. The minimum Gasteiger partial charge on any atom is -0.497 e. The first kappa shape index (κ1) is 18.2. The lowest BCUT2D eigenvalue weighted by Gasteiger charge is -2.27. The van der Waals surface area contributed by atoms with Gasteiger partial charge in [-0.2, -0.15) is 0 Å². The van der Waals surface area contributed by atoms with E-state index in [-0.39, 0.29) is 5.54 Å². The SMILES string of the molecule is CCCc1cc2cc(OC)cc(OC)c2c(OC)c1NC(C)(C)C. The molecule has 2 rings (SSSR count). The van der Waals surface area contributed by atoms with Crippen molar-refractivity contribution in [2.24, 2.45) is 0 Å². The first-order valence-corrected chi connectivity index (χ1v) is 8.38. The highest BCUT2D eigenvalue weighted by molar-refractivity contribution is 6.00. The highest BCUT2D eigenvalue weighted by Crippen LogP contribution is 2.44. The summed E-state index contributed by atoms with van der Waals surface area (Å²) in [4.78, 5) is 0. The first-order valence-electron chi connectivity index (χ1n) is 8.38. The normalized spacial score (nSPS) is 11.5. The second kappa shape index (κ2) is 7.20. The van der Waals surface area contributed by atoms with Crippen molar-refractivity contribution in [3.63, 3.8) is 0 Å². The molecule has 132 valence electrons. The Morgan fingerprint density at radius 3 is 2.17 bits per heavy atom. The summed E-state index contributed by atoms with van der Waals surface area (Å²) in [5, 5.41) is 5.64. The van der Waals surface area contributed by atoms with Crippen LogP contribution in [0.2, 0.25) is 0 Å². The molecule has 24 heavy (non-hydrogen) atoms. The fourth-order valence-corrected chi connectivity index (χ4v) is 2.96. The number of rotatable bonds is 6. The summed E-state index contributed by atoms with van der Waals surface area (Å²) < 4.78 is 16.8. The highest BCUT2D eigenvalue weighted by atomic mass is 16.5. The molecule has 0 saturated carbocycles. The van der Waals surface area contributed by atoms with Crippen molar-refractivity contribution in [3.8, 4) is 17.2 Å². The molecule has 4 nitrogen and oxygen atoms in total. The van der Waals surface area contributed by atoms with E-state index in [4.69, 9.17) is 14.2 Å². The minimum atomic E-state index is -0.0663. The van der Waals surface area contributed by atoms with Gasteiger partial charge >= 0.3 is 0 Å². The van der Waals surface area contributed by atoms with Crippen LogP contribution in [0.3, 0.4) is 0 Å². The van der Waals surface area contributed by atoms with E-state index >= 15 is 0 Å². The van der Waals surface area contributed by atoms with Gasteiger partial charge in [0.2, 0.25) is 0 Å². The molecule has 0 heterocycles. The number of benzene rings is 2. The molecule has 2 aromatic rings. The van der Waals surface area contributed by atoms with Gasteiger partial charge in [-0.25, -0.2) is 0 Å². The Labute approximate surface area is 145 Å². The van der Waals surface area contributed by atoms with Gasteiger partial charge < -0.3 is 19.5 Å². The molecule has 1 N–H and O–H groups in total. The zero-order valence-corrected chi connectivity index (χ0v) is 15.9. The van der Waals surface area contributed by atoms with Crippen molar-refractivity contribution in [1.29, 1.82) is 0 Å². The Balaban J connectivity index is 2.84. The number of hydrogen-bond acceptors (Lipinski definition) is 4. The van der Waals surface area contributed by atoms with E-state index in [9.17, 15) is 0 Å². The van der Waals surface area contributed by atoms with Crippen LogP contribution in [0.4, 0.5) is 5.69 Å². The van der Waals surface area contributed by atoms with Crippen molar-refractivity contribution < 1.29 is 14.2 Å². The number of fused-ring (bicyclic) bond motifs is 1. The Morgan fingerprint density at radius 2 is 1.67 bits per heavy atom. The van der Waals surface area contributed by atoms with Gasteiger partial charge in [-0.15, -0.1) is 0 Å². The van der Waals surface area contributed by atoms with Gasteiger partial charge in [-0.1, -0.05) is 13.3 Å². The van der Waals surface area contributed by atoms with E-state index in [2.05, 4.69) is 39.1 Å². The van der Waals surface area contributed by atoms with Crippen LogP contribution in [0.1, 0.15) is 39.7 Å². The van der Waals surface area contributed by atoms with Gasteiger partial charge in [0, 0.05) is 11.6 Å². The molecular formula is C20H29NO3. The van der Waals surface area contributed by atoms with E-state index in [1.807, 2.05) is 12.1 Å². The maximum atomic E-state index is 5.82. The Hall–Kier alpha value is -2.10. The molecule has 0 radical (unpaired) electrons. The second-order valence-corrected chi connectivity index (χ2v) is 7.00. The number of ether oxygens (including phenoxy) is 3. The summed E-state index contributed by atoms with van der Waals surface area (Å²) in [7, 11) is 5.05. The number of hydrogen-bond donors (Lipinski definition) is 1. The number of nitrogens with one attached hydrogen (secondary N) is 1. The van der Waals surface area contributed by atoms with Crippen LogP contribution < -0.4 is 19.5 Å². The summed E-state index contributed by atoms with van der Waals surface area (Å²) in [5.74, 6) is 2.35. The third kappa shape index (κ3) is 3.69. The summed E-state index contributed by atoms with van der Waals surface area (Å²) in [6.07, 6.45) is 2.04. The van der Waals surface area contributed by atoms with Crippen LogP contribution in [-0.2, 0) is 6.42 Å². The third-order valence-electron chi connectivity index (χ3n) is 3.89. The summed E-state index contributed by atoms with van der Waals surface area (Å²) in [6.45, 7) is 8.64. The Kier molecular flexibility index (Phi) is 5.47. The summed E-state index contributed by atoms with van der Waals surface area (Å²) in [5.41, 5.74) is 2.22. The molecule has 0 unspecified atom stereocenters. The maximum absolute atomic E-state index is 5.82. The van der Waals surface area contributed by atoms with E-state index in [0.717, 1.165) is 46.6 Å². The second-order valence-electron chi connectivity index (χ2n) is 7.00. The van der Waals surface area contributed by atoms with E-state index in [1.165, 1.54) is 5.56 Å². The molecule has 0 saturated heterocycles. The fourth-order valence-electron chi connectivity index (χ4n) is 2.96. The van der Waals surface area contributed by atoms with E-state index in [1.54, 1.807) is 21.3 Å². The van der Waals surface area contributed by atoms with Crippen LogP contribution >= 0.6 is 0 Å². The molecule has 0 amide bonds. The predicted molar refractivity (Wildman–Crippen MR) is 101 cm³/mol. The van der Waals surface area contributed by atoms with Gasteiger partial charge in [-0.3, -0.25) is 0 Å². The van der Waals surface area contributed by atoms with Gasteiger partial charge in [0.05, 0.1) is 32.4 Å². The minimum absolute atomic E-state index is 0.0663. The lowest BCUT2D eigenvalue weighted by molar-refractivity contribution is 0.393. The lowest BCUT2D eigenvalue weighted by atomic mass is 9.97. The lowest BCUT2D eigenvalue weighted by Crippen LogP contribution is -2.27. The average molecular weight is 331 g/mol. The smallest absolute Gasteiger partial charge is 0.153 e. The molecule has 0 aliphatic carbocycles. The molecule has 0 aliphatic rings. The molecule has 0 fully saturated rings. The molecule has 0 aliphatic heterocycles. The Morgan fingerprint density at radius 1 is 0.958 bits per heavy atom. The number of aryl methyl sites for hydroxylation is 1. The first-order chi connectivity index (χ1) is 11.3. The number of methoxy groups -OCH3 is 3. The topological polar surface area (TPSA) is 39.7 Å². The molecule has 0 atom stereocenters. The molecule has 4 heteroatoms. The predicted octanol–water partition coefficient (Wildman–Crippen LogP) is 5.03. The van der Waals surface area contributed by atoms with Crippen molar-refractivity contribution in [3.05, 3.63) is 23.8 Å². The maximum Gasteiger partial charge on any atom is 0.153 e. The largest absolute Gasteiger partial charge is 0.497 e. The van der Waals surface area contributed by atoms with Crippen LogP contribution in [0, 0.1) is 0 Å². The van der Waals surface area contributed by atoms with E-state index < -0.39 is 0 Å². The molecule has 0 aromatic heterocycles. The van der Waals surface area contributed by atoms with E-state index in [0.29, 0.717) is 0 Å². The van der Waals surface area contributed by atoms with Crippen molar-refractivity contribution in [2.45, 2.75) is 46.1 Å². The average Bonchev–Trinajstić information content (AvgIpc) is 2.53. The molecule has 0 spiro atoms. The fraction of sp³-hybridized carbons (Fsp3) is 0.500. The summed E-state index contributed by atoms with van der Waals surface area (Å²) in [6, 6.07) is 6.13. The third-order valence-corrected chi connectivity index (χ3v) is 3.89. The highest BCUT2D eigenvalue weighted by Gasteiger charge is 2.21. The molecule has 2 aromatic carbocycles. The van der Waals surface area contributed by atoms with Gasteiger partial charge in [0.15, 0.2) is 5.75 Å². The van der Waals surface area contributed by atoms with Crippen LogP contribution in [0.5, 0.6) is 17.2 Å². The quantitative estimate of drug-likeness (QED) is 0.806. The van der Waals surface area contributed by atoms with Crippen LogP contribution in [-0.4, -0.2) is 26.9 Å². The van der Waals surface area contributed by atoms with Gasteiger partial charge in [0.25, 0.3) is 0 Å². The standard InChI is InChI=1S/C20H29NO3/c1-8-9-13-10-14-11-15(22-5)12-16(23-6)17(14)19(24-7)18(13)21-20(2,3)4/h10-12,21H,8-9H2,1-7H3. The zero-order valence-electron chi connectivity index (χ0n) is 15.9. The van der Waals surface area contributed by atoms with Crippen molar-refractivity contribution in [2.75, 3.05) is 26.6 Å².